The summed E-state index contributed by atoms with van der Waals surface area (Å²) in [7, 11) is -1.63. The molecule has 2 heterocycles. The van der Waals surface area contributed by atoms with Crippen molar-refractivity contribution in [1.82, 2.24) is 15.4 Å². The van der Waals surface area contributed by atoms with Crippen molar-refractivity contribution in [3.63, 3.8) is 0 Å². The van der Waals surface area contributed by atoms with Crippen LogP contribution in [0.4, 0.5) is 5.00 Å². The summed E-state index contributed by atoms with van der Waals surface area (Å²) in [6.45, 7) is 2.67. The van der Waals surface area contributed by atoms with Crippen LogP contribution in [0.1, 0.15) is 31.2 Å². The number of aliphatic imine (C=N–C) groups is 1. The summed E-state index contributed by atoms with van der Waals surface area (Å²) in [6, 6.07) is 11.8. The number of anilines is 1. The van der Waals surface area contributed by atoms with Gasteiger partial charge in [-0.3, -0.25) is 4.99 Å². The van der Waals surface area contributed by atoms with Gasteiger partial charge in [0.1, 0.15) is 0 Å². The second-order valence-corrected chi connectivity index (χ2v) is 10.5. The zero-order chi connectivity index (χ0) is 21.0. The van der Waals surface area contributed by atoms with Gasteiger partial charge < -0.3 is 15.5 Å². The molecular formula is C21H30IN5O2S2. The van der Waals surface area contributed by atoms with E-state index in [2.05, 4.69) is 42.8 Å². The van der Waals surface area contributed by atoms with Crippen LogP contribution in [-0.4, -0.2) is 46.6 Å². The second kappa shape index (κ2) is 11.0. The van der Waals surface area contributed by atoms with Crippen LogP contribution in [0, 0.1) is 0 Å². The third-order valence-corrected chi connectivity index (χ3v) is 7.94. The van der Waals surface area contributed by atoms with Gasteiger partial charge in [-0.25, -0.2) is 13.1 Å². The highest BCUT2D eigenvalue weighted by molar-refractivity contribution is 14.0. The van der Waals surface area contributed by atoms with Crippen LogP contribution in [-0.2, 0) is 16.6 Å². The van der Waals surface area contributed by atoms with Crippen molar-refractivity contribution in [1.29, 1.82) is 0 Å². The molecule has 31 heavy (non-hydrogen) atoms. The molecule has 1 aliphatic carbocycles. The number of benzene rings is 1. The summed E-state index contributed by atoms with van der Waals surface area (Å²) in [6.07, 6.45) is 4.00. The molecule has 2 fully saturated rings. The molecule has 2 aromatic rings. The van der Waals surface area contributed by atoms with Crippen LogP contribution in [0.15, 0.2) is 51.7 Å². The fourth-order valence-corrected chi connectivity index (χ4v) is 5.63. The fourth-order valence-electron chi connectivity index (χ4n) is 3.54. The van der Waals surface area contributed by atoms with Crippen molar-refractivity contribution in [2.75, 3.05) is 25.0 Å². The number of rotatable bonds is 7. The molecule has 1 saturated carbocycles. The van der Waals surface area contributed by atoms with Gasteiger partial charge in [0.05, 0.1) is 9.90 Å². The number of halogens is 1. The normalized spacial score (nSPS) is 17.8. The molecule has 7 nitrogen and oxygen atoms in total. The van der Waals surface area contributed by atoms with Gasteiger partial charge in [-0.1, -0.05) is 12.1 Å². The molecule has 3 N–H and O–H groups in total. The minimum Gasteiger partial charge on any atom is -0.363 e. The van der Waals surface area contributed by atoms with Gasteiger partial charge >= 0.3 is 0 Å². The SMILES string of the molecule is CN=C(NCc1ccc(S(=O)(=O)NC2CC2)cc1)NC1CCN(c2cccs2)CC1.I. The minimum atomic E-state index is -3.40. The van der Waals surface area contributed by atoms with Gasteiger partial charge in [0.2, 0.25) is 10.0 Å². The molecule has 0 atom stereocenters. The number of thiophene rings is 1. The maximum Gasteiger partial charge on any atom is 0.240 e. The average molecular weight is 576 g/mol. The molecular weight excluding hydrogens is 545 g/mol. The Bertz CT molecular complexity index is 952. The number of guanidine groups is 1. The molecule has 1 aromatic heterocycles. The van der Waals surface area contributed by atoms with E-state index in [1.807, 2.05) is 12.1 Å². The topological polar surface area (TPSA) is 85.8 Å². The van der Waals surface area contributed by atoms with Gasteiger partial charge in [-0.15, -0.1) is 35.3 Å². The Morgan fingerprint density at radius 2 is 1.81 bits per heavy atom. The Morgan fingerprint density at radius 1 is 1.10 bits per heavy atom. The Labute approximate surface area is 205 Å². The second-order valence-electron chi connectivity index (χ2n) is 7.82. The summed E-state index contributed by atoms with van der Waals surface area (Å²) in [4.78, 5) is 7.09. The van der Waals surface area contributed by atoms with E-state index in [0.29, 0.717) is 17.5 Å². The first-order valence-corrected chi connectivity index (χ1v) is 12.8. The van der Waals surface area contributed by atoms with E-state index in [4.69, 9.17) is 0 Å². The third-order valence-electron chi connectivity index (χ3n) is 5.47. The first-order valence-electron chi connectivity index (χ1n) is 10.4. The standard InChI is InChI=1S/C21H29N5O2S2.HI/c1-22-21(24-17-10-12-26(13-11-17)20-3-2-14-29-20)23-15-16-4-8-19(9-5-16)30(27,28)25-18-6-7-18;/h2-5,8-9,14,17-18,25H,6-7,10-13,15H2,1H3,(H2,22,23,24);1H. The lowest BCUT2D eigenvalue weighted by Crippen LogP contribution is -2.48. The lowest BCUT2D eigenvalue weighted by Gasteiger charge is -2.33. The van der Waals surface area contributed by atoms with Crippen molar-refractivity contribution in [3.8, 4) is 0 Å². The van der Waals surface area contributed by atoms with Crippen LogP contribution in [0.5, 0.6) is 0 Å². The van der Waals surface area contributed by atoms with E-state index >= 15 is 0 Å². The molecule has 170 valence electrons. The molecule has 0 unspecified atom stereocenters. The number of sulfonamides is 1. The highest BCUT2D eigenvalue weighted by Crippen LogP contribution is 2.25. The van der Waals surface area contributed by atoms with Crippen molar-refractivity contribution in [2.45, 2.75) is 49.2 Å². The Balaban J connectivity index is 0.00000272. The quantitative estimate of drug-likeness (QED) is 0.269. The van der Waals surface area contributed by atoms with E-state index in [1.165, 1.54) is 5.00 Å². The number of nitrogens with zero attached hydrogens (tertiary/aromatic N) is 2. The van der Waals surface area contributed by atoms with Crippen LogP contribution in [0.25, 0.3) is 0 Å². The summed E-state index contributed by atoms with van der Waals surface area (Å²) in [5.41, 5.74) is 1.01. The fraction of sp³-hybridized carbons (Fsp3) is 0.476. The molecule has 4 rings (SSSR count). The number of hydrogen-bond acceptors (Lipinski definition) is 5. The van der Waals surface area contributed by atoms with Gasteiger partial charge in [0, 0.05) is 38.8 Å². The number of nitrogens with one attached hydrogen (secondary N) is 3. The average Bonchev–Trinajstić information content (AvgIpc) is 3.38. The Morgan fingerprint density at radius 3 is 2.39 bits per heavy atom. The van der Waals surface area contributed by atoms with Crippen molar-refractivity contribution >= 4 is 56.3 Å². The molecule has 10 heteroatoms. The predicted octanol–water partition coefficient (Wildman–Crippen LogP) is 3.14. The molecule has 1 aliphatic heterocycles. The van der Waals surface area contributed by atoms with E-state index in [9.17, 15) is 8.42 Å². The van der Waals surface area contributed by atoms with Crippen LogP contribution < -0.4 is 20.3 Å². The smallest absolute Gasteiger partial charge is 0.240 e. The lowest BCUT2D eigenvalue weighted by atomic mass is 10.1. The third kappa shape index (κ3) is 6.80. The van der Waals surface area contributed by atoms with E-state index in [-0.39, 0.29) is 30.0 Å². The van der Waals surface area contributed by atoms with Gasteiger partial charge in [0.25, 0.3) is 0 Å². The van der Waals surface area contributed by atoms with Crippen molar-refractivity contribution in [2.24, 2.45) is 4.99 Å². The van der Waals surface area contributed by atoms with E-state index in [1.54, 1.807) is 30.5 Å². The first-order chi connectivity index (χ1) is 14.5. The monoisotopic (exact) mass is 575 g/mol. The van der Waals surface area contributed by atoms with E-state index in [0.717, 1.165) is 50.3 Å². The van der Waals surface area contributed by atoms with Crippen LogP contribution in [0.3, 0.4) is 0 Å². The Hall–Kier alpha value is -1.37. The Kier molecular flexibility index (Phi) is 8.59. The molecule has 0 amide bonds. The largest absolute Gasteiger partial charge is 0.363 e. The highest BCUT2D eigenvalue weighted by Gasteiger charge is 2.27. The number of hydrogen-bond donors (Lipinski definition) is 3. The lowest BCUT2D eigenvalue weighted by molar-refractivity contribution is 0.463. The van der Waals surface area contributed by atoms with Gasteiger partial charge in [-0.2, -0.15) is 0 Å². The zero-order valence-electron chi connectivity index (χ0n) is 17.6. The predicted molar refractivity (Wildman–Crippen MR) is 138 cm³/mol. The highest BCUT2D eigenvalue weighted by atomic mass is 127. The zero-order valence-corrected chi connectivity index (χ0v) is 21.5. The van der Waals surface area contributed by atoms with Crippen molar-refractivity contribution < 1.29 is 8.42 Å². The van der Waals surface area contributed by atoms with Crippen LogP contribution >= 0.6 is 35.3 Å². The molecule has 0 spiro atoms. The summed E-state index contributed by atoms with van der Waals surface area (Å²) >= 11 is 1.79. The first kappa shape index (κ1) is 24.3. The maximum atomic E-state index is 12.3. The molecule has 0 radical (unpaired) electrons. The number of piperidine rings is 1. The minimum absolute atomic E-state index is 0. The van der Waals surface area contributed by atoms with Crippen LogP contribution in [0.2, 0.25) is 0 Å². The van der Waals surface area contributed by atoms with Crippen molar-refractivity contribution in [3.05, 3.63) is 47.3 Å². The van der Waals surface area contributed by atoms with E-state index < -0.39 is 10.0 Å². The maximum absolute atomic E-state index is 12.3. The molecule has 1 saturated heterocycles. The van der Waals surface area contributed by atoms with Gasteiger partial charge in [0.15, 0.2) is 5.96 Å². The summed E-state index contributed by atoms with van der Waals surface area (Å²) in [5.74, 6) is 0.775. The molecule has 2 aliphatic rings. The summed E-state index contributed by atoms with van der Waals surface area (Å²) in [5, 5.41) is 10.3. The molecule has 0 bridgehead atoms. The summed E-state index contributed by atoms with van der Waals surface area (Å²) < 4.78 is 27.2. The van der Waals surface area contributed by atoms with Gasteiger partial charge in [-0.05, 0) is 60.9 Å². The molecule has 1 aromatic carbocycles.